The van der Waals surface area contributed by atoms with E-state index in [0.717, 1.165) is 23.5 Å². The molecule has 4 rings (SSSR count). The average molecular weight is 204 g/mol. The number of carbonyl (C=O) groups excluding carboxylic acids is 1. The van der Waals surface area contributed by atoms with E-state index in [0.29, 0.717) is 5.92 Å². The molecule has 0 aromatic rings. The van der Waals surface area contributed by atoms with Gasteiger partial charge in [0, 0.05) is 11.3 Å². The smallest absolute Gasteiger partial charge is 0.142 e. The second kappa shape index (κ2) is 2.67. The van der Waals surface area contributed by atoms with Gasteiger partial charge in [0.2, 0.25) is 0 Å². The molecule has 0 heterocycles. The summed E-state index contributed by atoms with van der Waals surface area (Å²) < 4.78 is 0. The molecule has 0 aromatic carbocycles. The van der Waals surface area contributed by atoms with Crippen molar-refractivity contribution >= 4 is 5.78 Å². The Morgan fingerprint density at radius 2 is 1.13 bits per heavy atom. The number of carbonyl (C=O) groups is 1. The summed E-state index contributed by atoms with van der Waals surface area (Å²) in [5.74, 6) is 3.71. The average Bonchev–Trinajstić information content (AvgIpc) is 3.07. The van der Waals surface area contributed by atoms with Crippen molar-refractivity contribution in [2.24, 2.45) is 29.1 Å². The molecule has 1 nitrogen and oxygen atoms in total. The first-order valence-electron chi connectivity index (χ1n) is 6.87. The van der Waals surface area contributed by atoms with Gasteiger partial charge in [-0.05, 0) is 69.1 Å². The minimum atomic E-state index is 0.237. The van der Waals surface area contributed by atoms with E-state index in [4.69, 9.17) is 0 Å². The summed E-state index contributed by atoms with van der Waals surface area (Å²) in [4.78, 5) is 12.7. The van der Waals surface area contributed by atoms with Crippen LogP contribution in [0.3, 0.4) is 0 Å². The summed E-state index contributed by atoms with van der Waals surface area (Å²) in [7, 11) is 0. The van der Waals surface area contributed by atoms with Crippen LogP contribution in [0, 0.1) is 29.1 Å². The summed E-state index contributed by atoms with van der Waals surface area (Å²) in [5, 5.41) is 0. The van der Waals surface area contributed by atoms with Crippen LogP contribution in [0.25, 0.3) is 0 Å². The summed E-state index contributed by atoms with van der Waals surface area (Å²) >= 11 is 0. The summed E-state index contributed by atoms with van der Waals surface area (Å²) in [6.07, 6.45) is 10.6. The fraction of sp³-hybridized carbons (Fsp3) is 0.929. The van der Waals surface area contributed by atoms with Crippen molar-refractivity contribution in [1.29, 1.82) is 0 Å². The molecule has 0 aromatic heterocycles. The normalized spacial score (nSPS) is 31.7. The summed E-state index contributed by atoms with van der Waals surface area (Å²) in [6.45, 7) is 0. The predicted molar refractivity (Wildman–Crippen MR) is 58.3 cm³/mol. The Kier molecular flexibility index (Phi) is 1.56. The van der Waals surface area contributed by atoms with Gasteiger partial charge in [0.1, 0.15) is 5.78 Å². The Hall–Kier alpha value is -0.330. The fourth-order valence-electron chi connectivity index (χ4n) is 3.99. The lowest BCUT2D eigenvalue weighted by Crippen LogP contribution is -2.39. The fourth-order valence-corrected chi connectivity index (χ4v) is 3.99. The van der Waals surface area contributed by atoms with Crippen LogP contribution in [-0.2, 0) is 4.79 Å². The van der Waals surface area contributed by atoms with Crippen molar-refractivity contribution in [2.75, 3.05) is 0 Å². The Morgan fingerprint density at radius 3 is 1.40 bits per heavy atom. The van der Waals surface area contributed by atoms with Crippen molar-refractivity contribution < 1.29 is 4.79 Å². The molecule has 15 heavy (non-hydrogen) atoms. The predicted octanol–water partition coefficient (Wildman–Crippen LogP) is 3.18. The third-order valence-electron chi connectivity index (χ3n) is 5.13. The maximum Gasteiger partial charge on any atom is 0.142 e. The lowest BCUT2D eigenvalue weighted by molar-refractivity contribution is -0.134. The molecule has 4 aliphatic carbocycles. The monoisotopic (exact) mass is 204 g/mol. The molecule has 0 N–H and O–H groups in total. The molecule has 0 atom stereocenters. The van der Waals surface area contributed by atoms with Gasteiger partial charge in [-0.25, -0.2) is 0 Å². The maximum atomic E-state index is 12.7. The van der Waals surface area contributed by atoms with Crippen LogP contribution >= 0.6 is 0 Å². The van der Waals surface area contributed by atoms with Crippen molar-refractivity contribution in [3.63, 3.8) is 0 Å². The Bertz CT molecular complexity index is 272. The number of rotatable bonds is 5. The molecule has 4 aliphatic rings. The first kappa shape index (κ1) is 8.78. The standard InChI is InChI=1S/C14H20O/c15-13(9-1-2-9)14(10-3-4-10,11-5-6-11)12-7-8-12/h9-12H,1-8H2. The highest BCUT2D eigenvalue weighted by Gasteiger charge is 2.66. The van der Waals surface area contributed by atoms with Gasteiger partial charge in [0.05, 0.1) is 0 Å². The Morgan fingerprint density at radius 1 is 0.733 bits per heavy atom. The second-order valence-corrected chi connectivity index (χ2v) is 6.39. The molecule has 0 saturated heterocycles. The van der Waals surface area contributed by atoms with Gasteiger partial charge < -0.3 is 0 Å². The minimum Gasteiger partial charge on any atom is -0.299 e. The molecular weight excluding hydrogens is 184 g/mol. The van der Waals surface area contributed by atoms with Crippen LogP contribution in [0.4, 0.5) is 0 Å². The zero-order valence-corrected chi connectivity index (χ0v) is 9.37. The first-order valence-corrected chi connectivity index (χ1v) is 6.87. The van der Waals surface area contributed by atoms with E-state index in [9.17, 15) is 4.79 Å². The second-order valence-electron chi connectivity index (χ2n) is 6.39. The SMILES string of the molecule is O=C(C1CC1)C(C1CC1)(C1CC1)C1CC1. The molecule has 0 unspecified atom stereocenters. The van der Waals surface area contributed by atoms with E-state index in [1.165, 1.54) is 51.4 Å². The lowest BCUT2D eigenvalue weighted by atomic mass is 9.68. The highest BCUT2D eigenvalue weighted by atomic mass is 16.1. The highest BCUT2D eigenvalue weighted by molar-refractivity contribution is 5.90. The summed E-state index contributed by atoms with van der Waals surface area (Å²) in [5.41, 5.74) is 0.237. The number of hydrogen-bond donors (Lipinski definition) is 0. The van der Waals surface area contributed by atoms with Crippen LogP contribution in [0.15, 0.2) is 0 Å². The quantitative estimate of drug-likeness (QED) is 0.672. The van der Waals surface area contributed by atoms with Crippen molar-refractivity contribution in [3.05, 3.63) is 0 Å². The van der Waals surface area contributed by atoms with Crippen LogP contribution in [-0.4, -0.2) is 5.78 Å². The lowest BCUT2D eigenvalue weighted by Gasteiger charge is -2.33. The number of ketones is 1. The van der Waals surface area contributed by atoms with E-state index < -0.39 is 0 Å². The van der Waals surface area contributed by atoms with Crippen LogP contribution < -0.4 is 0 Å². The molecule has 4 fully saturated rings. The van der Waals surface area contributed by atoms with Crippen molar-refractivity contribution in [1.82, 2.24) is 0 Å². The zero-order chi connectivity index (χ0) is 10.0. The Balaban J connectivity index is 1.71. The number of hydrogen-bond acceptors (Lipinski definition) is 1. The van der Waals surface area contributed by atoms with E-state index in [1.54, 1.807) is 0 Å². The molecule has 0 radical (unpaired) electrons. The molecule has 82 valence electrons. The van der Waals surface area contributed by atoms with Gasteiger partial charge in [-0.2, -0.15) is 0 Å². The molecule has 0 bridgehead atoms. The highest BCUT2D eigenvalue weighted by Crippen LogP contribution is 2.69. The molecular formula is C14H20O. The van der Waals surface area contributed by atoms with Gasteiger partial charge in [-0.3, -0.25) is 4.79 Å². The van der Waals surface area contributed by atoms with Crippen LogP contribution in [0.5, 0.6) is 0 Å². The third kappa shape index (κ3) is 1.18. The maximum absolute atomic E-state index is 12.7. The zero-order valence-electron chi connectivity index (χ0n) is 9.37. The van der Waals surface area contributed by atoms with Gasteiger partial charge in [-0.1, -0.05) is 0 Å². The van der Waals surface area contributed by atoms with E-state index >= 15 is 0 Å². The van der Waals surface area contributed by atoms with Gasteiger partial charge in [0.25, 0.3) is 0 Å². The van der Waals surface area contributed by atoms with Crippen LogP contribution in [0.1, 0.15) is 51.4 Å². The molecule has 4 saturated carbocycles. The first-order chi connectivity index (χ1) is 7.33. The third-order valence-corrected chi connectivity index (χ3v) is 5.13. The number of Topliss-reactive ketones (excluding diaryl/α,β-unsaturated/α-hetero) is 1. The largest absolute Gasteiger partial charge is 0.299 e. The molecule has 0 amide bonds. The minimum absolute atomic E-state index is 0.237. The van der Waals surface area contributed by atoms with E-state index in [1.807, 2.05) is 0 Å². The molecule has 1 heteroatoms. The van der Waals surface area contributed by atoms with Crippen LogP contribution in [0.2, 0.25) is 0 Å². The van der Waals surface area contributed by atoms with Crippen molar-refractivity contribution in [3.8, 4) is 0 Å². The molecule has 0 spiro atoms. The molecule has 0 aliphatic heterocycles. The van der Waals surface area contributed by atoms with Gasteiger partial charge in [0.15, 0.2) is 0 Å². The van der Waals surface area contributed by atoms with E-state index in [-0.39, 0.29) is 5.41 Å². The van der Waals surface area contributed by atoms with Crippen molar-refractivity contribution in [2.45, 2.75) is 51.4 Å². The van der Waals surface area contributed by atoms with Gasteiger partial charge in [-0.15, -0.1) is 0 Å². The Labute approximate surface area is 91.6 Å². The summed E-state index contributed by atoms with van der Waals surface area (Å²) in [6, 6.07) is 0. The topological polar surface area (TPSA) is 17.1 Å². The van der Waals surface area contributed by atoms with E-state index in [2.05, 4.69) is 0 Å². The van der Waals surface area contributed by atoms with Gasteiger partial charge >= 0.3 is 0 Å².